The lowest BCUT2D eigenvalue weighted by molar-refractivity contribution is -0.122. The third-order valence-electron chi connectivity index (χ3n) is 7.07. The number of carbonyl (C=O) groups is 2. The number of fused-ring (bicyclic) bond motifs is 1. The lowest BCUT2D eigenvalue weighted by Gasteiger charge is -2.34. The van der Waals surface area contributed by atoms with Crippen LogP contribution >= 0.6 is 11.6 Å². The number of halogens is 1. The third-order valence-corrected chi connectivity index (χ3v) is 7.31. The Morgan fingerprint density at radius 3 is 2.52 bits per heavy atom. The highest BCUT2D eigenvalue weighted by Crippen LogP contribution is 2.24. The number of H-pyrrole nitrogens is 1. The molecule has 2 saturated heterocycles. The smallest absolute Gasteiger partial charge is 0.270 e. The zero-order valence-electron chi connectivity index (χ0n) is 19.6. The molecular weight excluding hydrogens is 438 g/mol. The van der Waals surface area contributed by atoms with Gasteiger partial charge in [-0.1, -0.05) is 18.5 Å². The Labute approximate surface area is 201 Å². The Kier molecular flexibility index (Phi) is 8.28. The summed E-state index contributed by atoms with van der Waals surface area (Å²) in [6.45, 7) is 11.1. The summed E-state index contributed by atoms with van der Waals surface area (Å²) in [7, 11) is 0. The van der Waals surface area contributed by atoms with Crippen molar-refractivity contribution in [3.8, 4) is 0 Å². The maximum atomic E-state index is 12.9. The zero-order chi connectivity index (χ0) is 23.2. The minimum absolute atomic E-state index is 0.0185. The Balaban J connectivity index is 1.13. The number of benzene rings is 1. The molecule has 2 aromatic rings. The van der Waals surface area contributed by atoms with Crippen LogP contribution in [0.5, 0.6) is 0 Å². The topological polar surface area (TPSA) is 71.7 Å². The molecule has 2 aliphatic rings. The van der Waals surface area contributed by atoms with Crippen LogP contribution in [0.1, 0.15) is 43.1 Å². The van der Waals surface area contributed by atoms with Crippen LogP contribution in [0.25, 0.3) is 10.9 Å². The number of piperazine rings is 1. The molecule has 0 spiro atoms. The molecular formula is C25H36ClN5O2. The number of nitrogens with zero attached hydrogens (tertiary/aromatic N) is 3. The number of aromatic nitrogens is 1. The molecule has 2 fully saturated rings. The van der Waals surface area contributed by atoms with Crippen LogP contribution in [0.2, 0.25) is 5.02 Å². The van der Waals surface area contributed by atoms with Gasteiger partial charge in [0, 0.05) is 68.2 Å². The number of amides is 2. The van der Waals surface area contributed by atoms with Gasteiger partial charge in [0.05, 0.1) is 0 Å². The van der Waals surface area contributed by atoms with Gasteiger partial charge in [-0.3, -0.25) is 9.59 Å². The zero-order valence-corrected chi connectivity index (χ0v) is 20.4. The van der Waals surface area contributed by atoms with Gasteiger partial charge in [0.1, 0.15) is 5.69 Å². The first-order chi connectivity index (χ1) is 16.0. The molecule has 0 unspecified atom stereocenters. The monoisotopic (exact) mass is 473 g/mol. The first-order valence-electron chi connectivity index (χ1n) is 12.3. The van der Waals surface area contributed by atoms with E-state index in [4.69, 9.17) is 11.6 Å². The summed E-state index contributed by atoms with van der Waals surface area (Å²) in [5.74, 6) is 0.505. The summed E-state index contributed by atoms with van der Waals surface area (Å²) in [6, 6.07) is 7.44. The van der Waals surface area contributed by atoms with E-state index in [-0.39, 0.29) is 11.8 Å². The highest BCUT2D eigenvalue weighted by molar-refractivity contribution is 6.31. The highest BCUT2D eigenvalue weighted by Gasteiger charge is 2.26. The van der Waals surface area contributed by atoms with Crippen LogP contribution in [0.15, 0.2) is 24.3 Å². The van der Waals surface area contributed by atoms with Crippen LogP contribution in [-0.4, -0.2) is 90.4 Å². The largest absolute Gasteiger partial charge is 0.356 e. The minimum Gasteiger partial charge on any atom is -0.356 e. The SMILES string of the molecule is CCN1CCN(CCCNC(=O)CC2CCN(C(=O)c3cc4cc(Cl)ccc4[nH]3)CC2)CC1. The molecule has 0 radical (unpaired) electrons. The average Bonchev–Trinajstić information content (AvgIpc) is 3.25. The van der Waals surface area contributed by atoms with Gasteiger partial charge in [0.2, 0.25) is 5.91 Å². The van der Waals surface area contributed by atoms with Crippen molar-refractivity contribution >= 4 is 34.3 Å². The average molecular weight is 474 g/mol. The number of rotatable bonds is 8. The first-order valence-corrected chi connectivity index (χ1v) is 12.7. The minimum atomic E-state index is 0.0185. The first kappa shape index (κ1) is 24.0. The third kappa shape index (κ3) is 6.49. The van der Waals surface area contributed by atoms with Gasteiger partial charge in [0.25, 0.3) is 5.91 Å². The van der Waals surface area contributed by atoms with E-state index >= 15 is 0 Å². The second-order valence-electron chi connectivity index (χ2n) is 9.33. The second-order valence-corrected chi connectivity index (χ2v) is 9.77. The van der Waals surface area contributed by atoms with E-state index in [1.807, 2.05) is 29.2 Å². The van der Waals surface area contributed by atoms with Gasteiger partial charge in [-0.2, -0.15) is 0 Å². The number of piperidine rings is 1. The lowest BCUT2D eigenvalue weighted by atomic mass is 9.93. The van der Waals surface area contributed by atoms with Crippen LogP contribution < -0.4 is 5.32 Å². The van der Waals surface area contributed by atoms with Gasteiger partial charge in [-0.25, -0.2) is 0 Å². The Bertz CT molecular complexity index is 945. The molecule has 4 rings (SSSR count). The number of carbonyl (C=O) groups excluding carboxylic acids is 2. The molecule has 0 aliphatic carbocycles. The van der Waals surface area contributed by atoms with Gasteiger partial charge in [0.15, 0.2) is 0 Å². The van der Waals surface area contributed by atoms with E-state index in [0.717, 1.165) is 76.0 Å². The molecule has 2 N–H and O–H groups in total. The maximum absolute atomic E-state index is 12.9. The fraction of sp³-hybridized carbons (Fsp3) is 0.600. The van der Waals surface area contributed by atoms with Crippen molar-refractivity contribution in [2.75, 3.05) is 58.9 Å². The van der Waals surface area contributed by atoms with Crippen molar-refractivity contribution in [2.45, 2.75) is 32.6 Å². The van der Waals surface area contributed by atoms with Crippen LogP contribution in [0.3, 0.4) is 0 Å². The summed E-state index contributed by atoms with van der Waals surface area (Å²) < 4.78 is 0. The molecule has 2 aliphatic heterocycles. The number of nitrogens with one attached hydrogen (secondary N) is 2. The summed E-state index contributed by atoms with van der Waals surface area (Å²) in [5, 5.41) is 4.70. The molecule has 1 aromatic carbocycles. The van der Waals surface area contributed by atoms with Crippen LogP contribution in [0.4, 0.5) is 0 Å². The highest BCUT2D eigenvalue weighted by atomic mass is 35.5. The fourth-order valence-corrected chi connectivity index (χ4v) is 5.10. The predicted octanol–water partition coefficient (Wildman–Crippen LogP) is 3.21. The summed E-state index contributed by atoms with van der Waals surface area (Å²) in [6.07, 6.45) is 3.29. The Morgan fingerprint density at radius 2 is 1.79 bits per heavy atom. The lowest BCUT2D eigenvalue weighted by Crippen LogP contribution is -2.46. The van der Waals surface area contributed by atoms with Crippen LogP contribution in [0, 0.1) is 5.92 Å². The number of likely N-dealkylation sites (tertiary alicyclic amines) is 1. The van der Waals surface area contributed by atoms with E-state index in [1.54, 1.807) is 0 Å². The van der Waals surface area contributed by atoms with Gasteiger partial charge in [-0.15, -0.1) is 0 Å². The molecule has 1 aromatic heterocycles. The molecule has 3 heterocycles. The number of aromatic amines is 1. The quantitative estimate of drug-likeness (QED) is 0.577. The molecule has 2 amide bonds. The Hall–Kier alpha value is -2.09. The molecule has 7 nitrogen and oxygen atoms in total. The number of hydrogen-bond acceptors (Lipinski definition) is 4. The van der Waals surface area contributed by atoms with Crippen molar-refractivity contribution in [1.29, 1.82) is 0 Å². The van der Waals surface area contributed by atoms with Gasteiger partial charge in [-0.05, 0) is 62.5 Å². The van der Waals surface area contributed by atoms with Crippen molar-refractivity contribution in [3.63, 3.8) is 0 Å². The van der Waals surface area contributed by atoms with Crippen LogP contribution in [-0.2, 0) is 4.79 Å². The number of likely N-dealkylation sites (N-methyl/N-ethyl adjacent to an activating group) is 1. The fourth-order valence-electron chi connectivity index (χ4n) is 4.92. The van der Waals surface area contributed by atoms with E-state index in [1.165, 1.54) is 0 Å². The maximum Gasteiger partial charge on any atom is 0.270 e. The van der Waals surface area contributed by atoms with Crippen molar-refractivity contribution in [2.24, 2.45) is 5.92 Å². The molecule has 180 valence electrons. The molecule has 8 heteroatoms. The molecule has 0 bridgehead atoms. The number of hydrogen-bond donors (Lipinski definition) is 2. The normalized spacial score (nSPS) is 18.7. The van der Waals surface area contributed by atoms with Gasteiger partial charge < -0.3 is 25.0 Å². The summed E-state index contributed by atoms with van der Waals surface area (Å²) >= 11 is 6.05. The summed E-state index contributed by atoms with van der Waals surface area (Å²) in [5.41, 5.74) is 1.51. The molecule has 0 saturated carbocycles. The van der Waals surface area contributed by atoms with E-state index < -0.39 is 0 Å². The van der Waals surface area contributed by atoms with Gasteiger partial charge >= 0.3 is 0 Å². The second kappa shape index (κ2) is 11.4. The molecule has 33 heavy (non-hydrogen) atoms. The van der Waals surface area contributed by atoms with Crippen molar-refractivity contribution in [3.05, 3.63) is 35.0 Å². The van der Waals surface area contributed by atoms with E-state index in [2.05, 4.69) is 27.0 Å². The predicted molar refractivity (Wildman–Crippen MR) is 133 cm³/mol. The Morgan fingerprint density at radius 1 is 1.06 bits per heavy atom. The van der Waals surface area contributed by atoms with E-state index in [9.17, 15) is 9.59 Å². The standard InChI is InChI=1S/C25H36ClN5O2/c1-2-29-12-14-30(15-13-29)9-3-8-27-24(32)16-19-6-10-31(11-7-19)25(33)23-18-20-17-21(26)4-5-22(20)28-23/h4-5,17-19,28H,2-3,6-16H2,1H3,(H,27,32). The summed E-state index contributed by atoms with van der Waals surface area (Å²) in [4.78, 5) is 35.3. The van der Waals surface area contributed by atoms with Crippen molar-refractivity contribution in [1.82, 2.24) is 25.0 Å². The molecule has 0 atom stereocenters. The van der Waals surface area contributed by atoms with Crippen molar-refractivity contribution < 1.29 is 9.59 Å². The van der Waals surface area contributed by atoms with E-state index in [0.29, 0.717) is 36.1 Å².